The first-order valence-corrected chi connectivity index (χ1v) is 7.40. The Hall–Kier alpha value is -2.20. The molecule has 0 unspecified atom stereocenters. The summed E-state index contributed by atoms with van der Waals surface area (Å²) in [6, 6.07) is 19.6. The van der Waals surface area contributed by atoms with Gasteiger partial charge in [0.1, 0.15) is 0 Å². The van der Waals surface area contributed by atoms with E-state index in [2.05, 4.69) is 26.1 Å². The van der Waals surface area contributed by atoms with Crippen molar-refractivity contribution in [3.63, 3.8) is 0 Å². The van der Waals surface area contributed by atoms with Crippen molar-refractivity contribution in [1.29, 1.82) is 0 Å². The number of nitrogens with zero attached hydrogens (tertiary/aromatic N) is 1. The summed E-state index contributed by atoms with van der Waals surface area (Å²) in [5, 5.41) is 6.70. The standard InChI is InChI=1S/C17H13BrN2O/c18-15-8-6-12(7-9-15)10-14-11-16(19-20-17(14)21)13-4-2-1-3-5-13/h1-9,11H,10H2,(H,20,21). The largest absolute Gasteiger partial charge is 0.268 e. The van der Waals surface area contributed by atoms with Crippen molar-refractivity contribution in [1.82, 2.24) is 10.2 Å². The van der Waals surface area contributed by atoms with E-state index in [-0.39, 0.29) is 5.56 Å². The van der Waals surface area contributed by atoms with Gasteiger partial charge in [-0.05, 0) is 23.8 Å². The molecule has 0 saturated carbocycles. The van der Waals surface area contributed by atoms with E-state index in [0.29, 0.717) is 12.0 Å². The minimum absolute atomic E-state index is 0.141. The van der Waals surface area contributed by atoms with Crippen LogP contribution in [0.5, 0.6) is 0 Å². The molecule has 0 amide bonds. The molecule has 0 atom stereocenters. The van der Waals surface area contributed by atoms with E-state index < -0.39 is 0 Å². The summed E-state index contributed by atoms with van der Waals surface area (Å²) >= 11 is 3.41. The molecular weight excluding hydrogens is 328 g/mol. The van der Waals surface area contributed by atoms with Gasteiger partial charge in [-0.1, -0.05) is 58.4 Å². The van der Waals surface area contributed by atoms with Crippen molar-refractivity contribution < 1.29 is 0 Å². The monoisotopic (exact) mass is 340 g/mol. The third-order valence-corrected chi connectivity index (χ3v) is 3.79. The molecule has 104 valence electrons. The number of hydrogen-bond acceptors (Lipinski definition) is 2. The minimum Gasteiger partial charge on any atom is -0.268 e. The molecule has 4 heteroatoms. The average Bonchev–Trinajstić information content (AvgIpc) is 2.52. The van der Waals surface area contributed by atoms with Crippen LogP contribution in [0.25, 0.3) is 11.3 Å². The molecule has 0 bridgehead atoms. The summed E-state index contributed by atoms with van der Waals surface area (Å²) in [5.41, 5.74) is 3.44. The Morgan fingerprint density at radius 1 is 1.00 bits per heavy atom. The highest BCUT2D eigenvalue weighted by Gasteiger charge is 2.06. The quantitative estimate of drug-likeness (QED) is 0.788. The lowest BCUT2D eigenvalue weighted by atomic mass is 10.0. The van der Waals surface area contributed by atoms with Crippen LogP contribution in [-0.2, 0) is 6.42 Å². The zero-order valence-electron chi connectivity index (χ0n) is 11.2. The van der Waals surface area contributed by atoms with Gasteiger partial charge < -0.3 is 0 Å². The van der Waals surface area contributed by atoms with Crippen LogP contribution in [0.1, 0.15) is 11.1 Å². The van der Waals surface area contributed by atoms with Crippen molar-refractivity contribution in [2.45, 2.75) is 6.42 Å². The molecule has 0 spiro atoms. The second-order valence-corrected chi connectivity index (χ2v) is 5.69. The Kier molecular flexibility index (Phi) is 3.97. The van der Waals surface area contributed by atoms with E-state index in [1.807, 2.05) is 60.7 Å². The average molecular weight is 341 g/mol. The van der Waals surface area contributed by atoms with E-state index in [1.165, 1.54) is 0 Å². The molecular formula is C17H13BrN2O. The summed E-state index contributed by atoms with van der Waals surface area (Å²) in [6.07, 6.45) is 0.588. The number of aromatic nitrogens is 2. The molecule has 0 fully saturated rings. The van der Waals surface area contributed by atoms with Crippen LogP contribution in [0.3, 0.4) is 0 Å². The molecule has 1 aromatic heterocycles. The Morgan fingerprint density at radius 2 is 1.71 bits per heavy atom. The summed E-state index contributed by atoms with van der Waals surface area (Å²) in [6.45, 7) is 0. The molecule has 0 aliphatic heterocycles. The van der Waals surface area contributed by atoms with Crippen molar-refractivity contribution in [2.24, 2.45) is 0 Å². The third-order valence-electron chi connectivity index (χ3n) is 3.26. The van der Waals surface area contributed by atoms with Crippen LogP contribution >= 0.6 is 15.9 Å². The molecule has 0 aliphatic carbocycles. The highest BCUT2D eigenvalue weighted by molar-refractivity contribution is 9.10. The van der Waals surface area contributed by atoms with E-state index >= 15 is 0 Å². The van der Waals surface area contributed by atoms with Gasteiger partial charge in [0.15, 0.2) is 0 Å². The van der Waals surface area contributed by atoms with Crippen LogP contribution in [0, 0.1) is 0 Å². The molecule has 0 saturated heterocycles. The summed E-state index contributed by atoms with van der Waals surface area (Å²) in [4.78, 5) is 11.9. The van der Waals surface area contributed by atoms with Gasteiger partial charge in [0, 0.05) is 22.0 Å². The number of benzene rings is 2. The van der Waals surface area contributed by atoms with Gasteiger partial charge in [-0.15, -0.1) is 0 Å². The number of nitrogens with one attached hydrogen (secondary N) is 1. The van der Waals surface area contributed by atoms with Gasteiger partial charge >= 0.3 is 0 Å². The lowest BCUT2D eigenvalue weighted by Crippen LogP contribution is -2.14. The Morgan fingerprint density at radius 3 is 2.43 bits per heavy atom. The Labute approximate surface area is 130 Å². The molecule has 1 heterocycles. The van der Waals surface area contributed by atoms with Crippen molar-refractivity contribution >= 4 is 15.9 Å². The van der Waals surface area contributed by atoms with Crippen LogP contribution in [0.4, 0.5) is 0 Å². The molecule has 0 aliphatic rings. The zero-order chi connectivity index (χ0) is 14.7. The fourth-order valence-corrected chi connectivity index (χ4v) is 2.42. The summed E-state index contributed by atoms with van der Waals surface area (Å²) in [5.74, 6) is 0. The van der Waals surface area contributed by atoms with Gasteiger partial charge in [-0.25, -0.2) is 5.10 Å². The molecule has 2 aromatic carbocycles. The topological polar surface area (TPSA) is 45.8 Å². The molecule has 3 rings (SSSR count). The molecule has 0 radical (unpaired) electrons. The molecule has 3 nitrogen and oxygen atoms in total. The first-order chi connectivity index (χ1) is 10.2. The molecule has 21 heavy (non-hydrogen) atoms. The van der Waals surface area contributed by atoms with Gasteiger partial charge in [0.05, 0.1) is 5.69 Å². The number of halogens is 1. The van der Waals surface area contributed by atoms with Crippen LogP contribution < -0.4 is 5.56 Å². The fraction of sp³-hybridized carbons (Fsp3) is 0.0588. The van der Waals surface area contributed by atoms with E-state index in [9.17, 15) is 4.79 Å². The second kappa shape index (κ2) is 6.06. The molecule has 3 aromatic rings. The maximum atomic E-state index is 11.9. The van der Waals surface area contributed by atoms with Crippen molar-refractivity contribution in [3.05, 3.63) is 86.6 Å². The predicted molar refractivity (Wildman–Crippen MR) is 87.2 cm³/mol. The van der Waals surface area contributed by atoms with Gasteiger partial charge in [0.2, 0.25) is 0 Å². The minimum atomic E-state index is -0.141. The Bertz CT molecular complexity index is 795. The van der Waals surface area contributed by atoms with Crippen molar-refractivity contribution in [2.75, 3.05) is 0 Å². The van der Waals surface area contributed by atoms with Gasteiger partial charge in [0.25, 0.3) is 5.56 Å². The number of aromatic amines is 1. The summed E-state index contributed by atoms with van der Waals surface area (Å²) < 4.78 is 1.03. The molecule has 1 N–H and O–H groups in total. The van der Waals surface area contributed by atoms with Gasteiger partial charge in [-0.2, -0.15) is 5.10 Å². The fourth-order valence-electron chi connectivity index (χ4n) is 2.16. The first-order valence-electron chi connectivity index (χ1n) is 6.61. The van der Waals surface area contributed by atoms with E-state index in [4.69, 9.17) is 0 Å². The number of hydrogen-bond donors (Lipinski definition) is 1. The summed E-state index contributed by atoms with van der Waals surface area (Å²) in [7, 11) is 0. The van der Waals surface area contributed by atoms with Crippen molar-refractivity contribution in [3.8, 4) is 11.3 Å². The van der Waals surface area contributed by atoms with E-state index in [1.54, 1.807) is 0 Å². The lowest BCUT2D eigenvalue weighted by Gasteiger charge is -2.04. The van der Waals surface area contributed by atoms with Gasteiger partial charge in [-0.3, -0.25) is 4.79 Å². The second-order valence-electron chi connectivity index (χ2n) is 4.78. The lowest BCUT2D eigenvalue weighted by molar-refractivity contribution is 0.955. The maximum absolute atomic E-state index is 11.9. The maximum Gasteiger partial charge on any atom is 0.267 e. The smallest absolute Gasteiger partial charge is 0.267 e. The van der Waals surface area contributed by atoms with Crippen LogP contribution in [0.2, 0.25) is 0 Å². The number of rotatable bonds is 3. The zero-order valence-corrected chi connectivity index (χ0v) is 12.8. The Balaban J connectivity index is 1.95. The highest BCUT2D eigenvalue weighted by Crippen LogP contribution is 2.17. The van der Waals surface area contributed by atoms with Crippen LogP contribution in [-0.4, -0.2) is 10.2 Å². The first kappa shape index (κ1) is 13.8. The van der Waals surface area contributed by atoms with E-state index in [0.717, 1.165) is 21.3 Å². The number of H-pyrrole nitrogens is 1. The van der Waals surface area contributed by atoms with Crippen LogP contribution in [0.15, 0.2) is 69.9 Å². The predicted octanol–water partition coefficient (Wildman–Crippen LogP) is 3.79. The highest BCUT2D eigenvalue weighted by atomic mass is 79.9. The third kappa shape index (κ3) is 3.28. The normalized spacial score (nSPS) is 10.5. The SMILES string of the molecule is O=c1[nH]nc(-c2ccccc2)cc1Cc1ccc(Br)cc1.